The molecule has 0 radical (unpaired) electrons. The summed E-state index contributed by atoms with van der Waals surface area (Å²) in [4.78, 5) is 2.64. The van der Waals surface area contributed by atoms with Crippen molar-refractivity contribution in [2.24, 2.45) is 5.92 Å². The minimum Gasteiger partial charge on any atom is -0.392 e. The lowest BCUT2D eigenvalue weighted by atomic mass is 10.0. The molecule has 2 aromatic rings. The van der Waals surface area contributed by atoms with Crippen molar-refractivity contribution in [2.45, 2.75) is 28.2 Å². The number of fused-ring (bicyclic) bond motifs is 4. The summed E-state index contributed by atoms with van der Waals surface area (Å²) >= 11 is 1.84. The summed E-state index contributed by atoms with van der Waals surface area (Å²) in [5.41, 5.74) is 2.71. The number of aliphatic hydroxyl groups is 1. The average Bonchev–Trinajstić information content (AvgIpc) is 2.99. The van der Waals surface area contributed by atoms with Crippen LogP contribution >= 0.6 is 11.8 Å². The molecule has 4 rings (SSSR count). The second-order valence-electron chi connectivity index (χ2n) is 5.13. The van der Waals surface area contributed by atoms with E-state index in [4.69, 9.17) is 0 Å². The lowest BCUT2D eigenvalue weighted by Crippen LogP contribution is -1.97. The third-order valence-electron chi connectivity index (χ3n) is 4.05. The first-order valence-corrected chi connectivity index (χ1v) is 7.19. The molecule has 3 atom stereocenters. The number of benzene rings is 2. The summed E-state index contributed by atoms with van der Waals surface area (Å²) < 4.78 is 0. The van der Waals surface area contributed by atoms with E-state index < -0.39 is 0 Å². The first kappa shape index (κ1) is 10.7. The van der Waals surface area contributed by atoms with Gasteiger partial charge in [-0.25, -0.2) is 0 Å². The smallest absolute Gasteiger partial charge is 0.0651 e. The molecule has 2 heteroatoms. The minimum atomic E-state index is -0.155. The standard InChI is InChI=1S/C16H14OS/c17-16-12-9-10-5-1-3-7-13(10)18-14-8-4-2-6-11(14)15(12)16/h1-8,12,15-17H,9H2. The Hall–Kier alpha value is -1.25. The van der Waals surface area contributed by atoms with Crippen molar-refractivity contribution in [3.63, 3.8) is 0 Å². The zero-order valence-corrected chi connectivity index (χ0v) is 10.7. The number of aliphatic hydroxyl groups excluding tert-OH is 1. The average molecular weight is 254 g/mol. The summed E-state index contributed by atoms with van der Waals surface area (Å²) in [5, 5.41) is 10.1. The van der Waals surface area contributed by atoms with Crippen molar-refractivity contribution in [3.05, 3.63) is 59.7 Å². The highest BCUT2D eigenvalue weighted by Gasteiger charge is 2.51. The highest BCUT2D eigenvalue weighted by atomic mass is 32.2. The first-order valence-electron chi connectivity index (χ1n) is 6.37. The van der Waals surface area contributed by atoms with E-state index in [1.165, 1.54) is 20.9 Å². The monoisotopic (exact) mass is 254 g/mol. The van der Waals surface area contributed by atoms with E-state index in [-0.39, 0.29) is 6.10 Å². The quantitative estimate of drug-likeness (QED) is 0.777. The Labute approximate surface area is 111 Å². The molecule has 1 heterocycles. The van der Waals surface area contributed by atoms with Crippen LogP contribution in [0.3, 0.4) is 0 Å². The molecule has 0 aromatic heterocycles. The van der Waals surface area contributed by atoms with Gasteiger partial charge < -0.3 is 5.11 Å². The molecule has 90 valence electrons. The van der Waals surface area contributed by atoms with Gasteiger partial charge >= 0.3 is 0 Å². The van der Waals surface area contributed by atoms with Gasteiger partial charge in [-0.2, -0.15) is 0 Å². The van der Waals surface area contributed by atoms with Gasteiger partial charge in [-0.1, -0.05) is 48.2 Å². The molecule has 1 aliphatic carbocycles. The van der Waals surface area contributed by atoms with Gasteiger partial charge in [0.2, 0.25) is 0 Å². The first-order chi connectivity index (χ1) is 8.84. The highest BCUT2D eigenvalue weighted by Crippen LogP contribution is 2.54. The van der Waals surface area contributed by atoms with Crippen molar-refractivity contribution in [3.8, 4) is 0 Å². The van der Waals surface area contributed by atoms with Crippen LogP contribution in [0.1, 0.15) is 17.0 Å². The molecule has 1 aliphatic heterocycles. The fourth-order valence-electron chi connectivity index (χ4n) is 3.01. The molecule has 2 aromatic carbocycles. The zero-order valence-electron chi connectivity index (χ0n) is 9.91. The fraction of sp³-hybridized carbons (Fsp3) is 0.250. The van der Waals surface area contributed by atoms with Gasteiger partial charge in [0.05, 0.1) is 6.10 Å². The van der Waals surface area contributed by atoms with Gasteiger partial charge in [-0.3, -0.25) is 0 Å². The van der Waals surface area contributed by atoms with Crippen LogP contribution in [0, 0.1) is 5.92 Å². The van der Waals surface area contributed by atoms with E-state index in [2.05, 4.69) is 48.5 Å². The molecule has 0 bridgehead atoms. The van der Waals surface area contributed by atoms with Crippen molar-refractivity contribution in [2.75, 3.05) is 0 Å². The van der Waals surface area contributed by atoms with E-state index in [9.17, 15) is 5.11 Å². The van der Waals surface area contributed by atoms with Crippen LogP contribution in [-0.2, 0) is 6.42 Å². The lowest BCUT2D eigenvalue weighted by Gasteiger charge is -2.15. The van der Waals surface area contributed by atoms with Gasteiger partial charge in [-0.15, -0.1) is 0 Å². The summed E-state index contributed by atoms with van der Waals surface area (Å²) in [6.07, 6.45) is 0.849. The fourth-order valence-corrected chi connectivity index (χ4v) is 4.15. The second-order valence-corrected chi connectivity index (χ2v) is 6.22. The molecule has 1 nitrogen and oxygen atoms in total. The predicted octanol–water partition coefficient (Wildman–Crippen LogP) is 3.47. The predicted molar refractivity (Wildman–Crippen MR) is 72.9 cm³/mol. The number of rotatable bonds is 0. The number of hydrogen-bond donors (Lipinski definition) is 1. The number of hydrogen-bond acceptors (Lipinski definition) is 2. The van der Waals surface area contributed by atoms with Crippen molar-refractivity contribution in [1.82, 2.24) is 0 Å². The molecule has 1 N–H and O–H groups in total. The maximum Gasteiger partial charge on any atom is 0.0651 e. The molecule has 3 unspecified atom stereocenters. The molecule has 0 amide bonds. The lowest BCUT2D eigenvalue weighted by molar-refractivity contribution is 0.254. The molecule has 0 spiro atoms. The third kappa shape index (κ3) is 1.53. The SMILES string of the molecule is OC1C2Cc3ccccc3Sc3ccccc3C12. The van der Waals surface area contributed by atoms with Crippen LogP contribution < -0.4 is 0 Å². The van der Waals surface area contributed by atoms with Crippen molar-refractivity contribution >= 4 is 11.8 Å². The van der Waals surface area contributed by atoms with Crippen LogP contribution in [0.2, 0.25) is 0 Å². The maximum atomic E-state index is 10.1. The highest BCUT2D eigenvalue weighted by molar-refractivity contribution is 7.99. The van der Waals surface area contributed by atoms with Gasteiger partial charge in [-0.05, 0) is 35.6 Å². The van der Waals surface area contributed by atoms with Crippen LogP contribution in [-0.4, -0.2) is 11.2 Å². The largest absolute Gasteiger partial charge is 0.392 e. The van der Waals surface area contributed by atoms with Crippen LogP contribution in [0.4, 0.5) is 0 Å². The summed E-state index contributed by atoms with van der Waals surface area (Å²) in [6, 6.07) is 17.1. The van der Waals surface area contributed by atoms with Crippen molar-refractivity contribution in [1.29, 1.82) is 0 Å². The molecule has 0 saturated heterocycles. The van der Waals surface area contributed by atoms with Gasteiger partial charge in [0.25, 0.3) is 0 Å². The van der Waals surface area contributed by atoms with Crippen LogP contribution in [0.5, 0.6) is 0 Å². The van der Waals surface area contributed by atoms with Gasteiger partial charge in [0.15, 0.2) is 0 Å². The maximum absolute atomic E-state index is 10.1. The Bertz CT molecular complexity index is 608. The molecule has 1 saturated carbocycles. The Morgan fingerprint density at radius 2 is 1.67 bits per heavy atom. The minimum absolute atomic E-state index is 0.155. The second kappa shape index (κ2) is 3.87. The topological polar surface area (TPSA) is 20.2 Å². The summed E-state index contributed by atoms with van der Waals surface area (Å²) in [7, 11) is 0. The van der Waals surface area contributed by atoms with E-state index in [1.54, 1.807) is 0 Å². The van der Waals surface area contributed by atoms with E-state index >= 15 is 0 Å². The Morgan fingerprint density at radius 1 is 0.944 bits per heavy atom. The van der Waals surface area contributed by atoms with E-state index in [0.717, 1.165) is 6.42 Å². The molecular weight excluding hydrogens is 240 g/mol. The Balaban J connectivity index is 1.88. The van der Waals surface area contributed by atoms with Gasteiger partial charge in [0, 0.05) is 15.7 Å². The van der Waals surface area contributed by atoms with Crippen LogP contribution in [0.25, 0.3) is 0 Å². The Morgan fingerprint density at radius 3 is 2.56 bits per heavy atom. The van der Waals surface area contributed by atoms with E-state index in [1.807, 2.05) is 11.8 Å². The zero-order chi connectivity index (χ0) is 12.1. The normalized spacial score (nSPS) is 28.4. The summed E-state index contributed by atoms with van der Waals surface area (Å²) in [6.45, 7) is 0. The molecule has 18 heavy (non-hydrogen) atoms. The molecular formula is C16H14OS. The summed E-state index contributed by atoms with van der Waals surface area (Å²) in [5.74, 6) is 0.759. The Kier molecular flexibility index (Phi) is 2.29. The molecule has 2 aliphatic rings. The third-order valence-corrected chi connectivity index (χ3v) is 5.26. The molecule has 1 fully saturated rings. The van der Waals surface area contributed by atoms with Gasteiger partial charge in [0.1, 0.15) is 0 Å². The van der Waals surface area contributed by atoms with Crippen molar-refractivity contribution < 1.29 is 5.11 Å². The van der Waals surface area contributed by atoms with Crippen LogP contribution in [0.15, 0.2) is 58.3 Å². The van der Waals surface area contributed by atoms with E-state index in [0.29, 0.717) is 11.8 Å².